The second-order valence-electron chi connectivity index (χ2n) is 6.27. The van der Waals surface area contributed by atoms with Gasteiger partial charge in [-0.15, -0.1) is 0 Å². The van der Waals surface area contributed by atoms with Crippen molar-refractivity contribution in [2.24, 2.45) is 5.92 Å². The first kappa shape index (κ1) is 15.8. The molecule has 0 bridgehead atoms. The van der Waals surface area contributed by atoms with Crippen LogP contribution in [0.5, 0.6) is 5.75 Å². The van der Waals surface area contributed by atoms with Crippen LogP contribution in [0.15, 0.2) is 29.2 Å². The van der Waals surface area contributed by atoms with E-state index in [1.807, 2.05) is 6.92 Å². The van der Waals surface area contributed by atoms with Crippen LogP contribution in [0, 0.1) is 5.92 Å². The van der Waals surface area contributed by atoms with Crippen molar-refractivity contribution in [3.8, 4) is 5.75 Å². The van der Waals surface area contributed by atoms with E-state index in [9.17, 15) is 8.42 Å². The Labute approximate surface area is 133 Å². The topological polar surface area (TPSA) is 46.6 Å². The summed E-state index contributed by atoms with van der Waals surface area (Å²) in [5.41, 5.74) is 0. The molecule has 22 heavy (non-hydrogen) atoms. The van der Waals surface area contributed by atoms with E-state index in [-0.39, 0.29) is 6.04 Å². The molecule has 2 fully saturated rings. The molecule has 2 atom stereocenters. The number of rotatable bonds is 4. The fourth-order valence-electron chi connectivity index (χ4n) is 3.89. The molecule has 4 nitrogen and oxygen atoms in total. The minimum atomic E-state index is -3.39. The number of hydrogen-bond acceptors (Lipinski definition) is 3. The zero-order chi connectivity index (χ0) is 15.6. The van der Waals surface area contributed by atoms with Crippen LogP contribution in [0.2, 0.25) is 0 Å². The third-order valence-corrected chi connectivity index (χ3v) is 6.87. The quantitative estimate of drug-likeness (QED) is 0.853. The molecule has 0 aromatic heterocycles. The third kappa shape index (κ3) is 3.01. The molecule has 1 saturated heterocycles. The molecule has 2 aliphatic rings. The van der Waals surface area contributed by atoms with E-state index >= 15 is 0 Å². The van der Waals surface area contributed by atoms with Gasteiger partial charge in [0.2, 0.25) is 10.0 Å². The van der Waals surface area contributed by atoms with Crippen LogP contribution in [0.1, 0.15) is 45.4 Å². The summed E-state index contributed by atoms with van der Waals surface area (Å²) < 4.78 is 33.2. The summed E-state index contributed by atoms with van der Waals surface area (Å²) in [7, 11) is -3.39. The van der Waals surface area contributed by atoms with Crippen LogP contribution >= 0.6 is 0 Å². The van der Waals surface area contributed by atoms with Crippen molar-refractivity contribution in [1.29, 1.82) is 0 Å². The van der Waals surface area contributed by atoms with Crippen LogP contribution in [-0.2, 0) is 10.0 Å². The van der Waals surface area contributed by atoms with Gasteiger partial charge in [-0.3, -0.25) is 0 Å². The smallest absolute Gasteiger partial charge is 0.243 e. The van der Waals surface area contributed by atoms with E-state index < -0.39 is 10.0 Å². The van der Waals surface area contributed by atoms with Crippen LogP contribution in [0.3, 0.4) is 0 Å². The summed E-state index contributed by atoms with van der Waals surface area (Å²) in [4.78, 5) is 0.391. The molecule has 0 N–H and O–H groups in total. The van der Waals surface area contributed by atoms with Crippen molar-refractivity contribution in [3.05, 3.63) is 24.3 Å². The highest BCUT2D eigenvalue weighted by atomic mass is 32.2. The molecule has 5 heteroatoms. The maximum Gasteiger partial charge on any atom is 0.243 e. The number of nitrogens with zero attached hydrogens (tertiary/aromatic N) is 1. The van der Waals surface area contributed by atoms with Crippen molar-refractivity contribution in [2.75, 3.05) is 13.2 Å². The Morgan fingerprint density at radius 3 is 2.50 bits per heavy atom. The van der Waals surface area contributed by atoms with Crippen LogP contribution in [0.25, 0.3) is 0 Å². The first-order chi connectivity index (χ1) is 10.6. The van der Waals surface area contributed by atoms with E-state index in [4.69, 9.17) is 4.74 Å². The van der Waals surface area contributed by atoms with Gasteiger partial charge in [0.05, 0.1) is 11.5 Å². The average Bonchev–Trinajstić information content (AvgIpc) is 2.55. The first-order valence-corrected chi connectivity index (χ1v) is 9.81. The second-order valence-corrected chi connectivity index (χ2v) is 8.16. The lowest BCUT2D eigenvalue weighted by atomic mass is 9.79. The summed E-state index contributed by atoms with van der Waals surface area (Å²) in [6, 6.07) is 7.05. The minimum Gasteiger partial charge on any atom is -0.494 e. The summed E-state index contributed by atoms with van der Waals surface area (Å²) in [6.45, 7) is 3.17. The summed E-state index contributed by atoms with van der Waals surface area (Å²) >= 11 is 0. The zero-order valence-corrected chi connectivity index (χ0v) is 14.0. The fourth-order valence-corrected chi connectivity index (χ4v) is 5.64. The van der Waals surface area contributed by atoms with Gasteiger partial charge in [0.15, 0.2) is 0 Å². The second kappa shape index (κ2) is 6.59. The van der Waals surface area contributed by atoms with Gasteiger partial charge in [-0.1, -0.05) is 12.8 Å². The van der Waals surface area contributed by atoms with Gasteiger partial charge in [0.1, 0.15) is 5.75 Å². The molecule has 0 amide bonds. The molecular weight excluding hydrogens is 298 g/mol. The van der Waals surface area contributed by atoms with Gasteiger partial charge in [-0.2, -0.15) is 4.31 Å². The summed E-state index contributed by atoms with van der Waals surface area (Å²) in [5.74, 6) is 1.27. The molecule has 3 rings (SSSR count). The van der Waals surface area contributed by atoms with Crippen LogP contribution < -0.4 is 4.74 Å². The Morgan fingerprint density at radius 1 is 1.09 bits per heavy atom. The molecule has 2 unspecified atom stereocenters. The number of ether oxygens (including phenoxy) is 1. The lowest BCUT2D eigenvalue weighted by molar-refractivity contribution is 0.129. The van der Waals surface area contributed by atoms with Gasteiger partial charge in [-0.05, 0) is 62.8 Å². The zero-order valence-electron chi connectivity index (χ0n) is 13.2. The maximum atomic E-state index is 13.0. The van der Waals surface area contributed by atoms with Crippen molar-refractivity contribution >= 4 is 10.0 Å². The number of sulfonamides is 1. The van der Waals surface area contributed by atoms with Gasteiger partial charge in [0.25, 0.3) is 0 Å². The predicted molar refractivity (Wildman–Crippen MR) is 86.5 cm³/mol. The van der Waals surface area contributed by atoms with Gasteiger partial charge in [-0.25, -0.2) is 8.42 Å². The highest BCUT2D eigenvalue weighted by Crippen LogP contribution is 2.38. The SMILES string of the molecule is CCOc1ccc(S(=O)(=O)N2CCCC3CCCCC32)cc1. The molecular formula is C17H25NO3S. The molecule has 0 spiro atoms. The lowest BCUT2D eigenvalue weighted by Gasteiger charge is -2.43. The molecule has 1 aromatic rings. The Morgan fingerprint density at radius 2 is 1.77 bits per heavy atom. The van der Waals surface area contributed by atoms with Gasteiger partial charge < -0.3 is 4.74 Å². The fraction of sp³-hybridized carbons (Fsp3) is 0.647. The Kier molecular flexibility index (Phi) is 4.73. The van der Waals surface area contributed by atoms with E-state index in [0.29, 0.717) is 24.0 Å². The van der Waals surface area contributed by atoms with Crippen LogP contribution in [0.4, 0.5) is 0 Å². The van der Waals surface area contributed by atoms with Crippen molar-refractivity contribution < 1.29 is 13.2 Å². The van der Waals surface area contributed by atoms with E-state index in [0.717, 1.165) is 25.0 Å². The van der Waals surface area contributed by atoms with E-state index in [1.165, 1.54) is 19.3 Å². The monoisotopic (exact) mass is 323 g/mol. The summed E-state index contributed by atoms with van der Waals surface area (Å²) in [6.07, 6.45) is 6.76. The number of piperidine rings is 1. The number of hydrogen-bond donors (Lipinski definition) is 0. The minimum absolute atomic E-state index is 0.207. The maximum absolute atomic E-state index is 13.0. The van der Waals surface area contributed by atoms with Gasteiger partial charge >= 0.3 is 0 Å². The Balaban J connectivity index is 1.84. The molecule has 1 aliphatic heterocycles. The highest BCUT2D eigenvalue weighted by Gasteiger charge is 2.39. The highest BCUT2D eigenvalue weighted by molar-refractivity contribution is 7.89. The normalized spacial score (nSPS) is 26.4. The van der Waals surface area contributed by atoms with Crippen molar-refractivity contribution in [3.63, 3.8) is 0 Å². The first-order valence-electron chi connectivity index (χ1n) is 8.37. The number of benzene rings is 1. The van der Waals surface area contributed by atoms with E-state index in [1.54, 1.807) is 28.6 Å². The average molecular weight is 323 g/mol. The summed E-state index contributed by atoms with van der Waals surface area (Å²) in [5, 5.41) is 0. The molecule has 122 valence electrons. The van der Waals surface area contributed by atoms with Crippen molar-refractivity contribution in [1.82, 2.24) is 4.31 Å². The lowest BCUT2D eigenvalue weighted by Crippen LogP contribution is -2.49. The molecule has 0 radical (unpaired) electrons. The van der Waals surface area contributed by atoms with Crippen LogP contribution in [-0.4, -0.2) is 31.9 Å². The molecule has 1 saturated carbocycles. The third-order valence-electron chi connectivity index (χ3n) is 4.93. The van der Waals surface area contributed by atoms with Gasteiger partial charge in [0, 0.05) is 12.6 Å². The Bertz CT molecular complexity index is 595. The molecule has 1 heterocycles. The number of fused-ring (bicyclic) bond motifs is 1. The largest absolute Gasteiger partial charge is 0.494 e. The Hall–Kier alpha value is -1.07. The standard InChI is InChI=1S/C17H25NO3S/c1-2-21-15-9-11-16(12-10-15)22(19,20)18-13-5-7-14-6-3-4-8-17(14)18/h9-12,14,17H,2-8,13H2,1H3. The van der Waals surface area contributed by atoms with Crippen molar-refractivity contribution in [2.45, 2.75) is 56.4 Å². The predicted octanol–water partition coefficient (Wildman–Crippen LogP) is 3.43. The van der Waals surface area contributed by atoms with E-state index in [2.05, 4.69) is 0 Å². The molecule has 1 aromatic carbocycles. The molecule has 1 aliphatic carbocycles.